The zero-order valence-corrected chi connectivity index (χ0v) is 13.1. The molecule has 4 unspecified atom stereocenters. The molecule has 2 aliphatic heterocycles. The van der Waals surface area contributed by atoms with Crippen LogP contribution in [-0.2, 0) is 4.79 Å². The van der Waals surface area contributed by atoms with Gasteiger partial charge in [-0.3, -0.25) is 4.79 Å². The van der Waals surface area contributed by atoms with E-state index in [1.807, 2.05) is 24.0 Å². The van der Waals surface area contributed by atoms with Gasteiger partial charge in [0.2, 0.25) is 0 Å². The Morgan fingerprint density at radius 2 is 2.29 bits per heavy atom. The molecule has 0 aliphatic carbocycles. The SMILES string of the molecule is CC(Oc1cccc(Cl)c1)C(=O)N1CC2CNCC2C1C. The molecule has 2 heterocycles. The number of nitrogens with zero attached hydrogens (tertiary/aromatic N) is 1. The second-order valence-corrected chi connectivity index (χ2v) is 6.47. The van der Waals surface area contributed by atoms with Gasteiger partial charge in [0.15, 0.2) is 6.10 Å². The molecule has 21 heavy (non-hydrogen) atoms. The van der Waals surface area contributed by atoms with E-state index in [1.165, 1.54) is 0 Å². The van der Waals surface area contributed by atoms with Crippen LogP contribution in [0.2, 0.25) is 5.02 Å². The summed E-state index contributed by atoms with van der Waals surface area (Å²) in [5, 5.41) is 4.02. The predicted molar refractivity (Wildman–Crippen MR) is 82.6 cm³/mol. The number of hydrogen-bond acceptors (Lipinski definition) is 3. The lowest BCUT2D eigenvalue weighted by Gasteiger charge is -2.27. The van der Waals surface area contributed by atoms with E-state index < -0.39 is 6.10 Å². The summed E-state index contributed by atoms with van der Waals surface area (Å²) in [5.74, 6) is 1.86. The van der Waals surface area contributed by atoms with Crippen molar-refractivity contribution < 1.29 is 9.53 Å². The van der Waals surface area contributed by atoms with Crippen LogP contribution in [0.15, 0.2) is 24.3 Å². The fourth-order valence-electron chi connectivity index (χ4n) is 3.49. The second-order valence-electron chi connectivity index (χ2n) is 6.03. The van der Waals surface area contributed by atoms with Crippen LogP contribution in [-0.4, -0.2) is 42.6 Å². The van der Waals surface area contributed by atoms with Gasteiger partial charge in [-0.05, 0) is 43.9 Å². The molecule has 2 saturated heterocycles. The molecule has 0 aromatic heterocycles. The lowest BCUT2D eigenvalue weighted by molar-refractivity contribution is -0.139. The Morgan fingerprint density at radius 3 is 3.00 bits per heavy atom. The number of nitrogens with one attached hydrogen (secondary N) is 1. The van der Waals surface area contributed by atoms with Crippen LogP contribution in [0.25, 0.3) is 0 Å². The van der Waals surface area contributed by atoms with Crippen LogP contribution in [0.5, 0.6) is 5.75 Å². The zero-order valence-electron chi connectivity index (χ0n) is 12.4. The van der Waals surface area contributed by atoms with Gasteiger partial charge in [-0.25, -0.2) is 0 Å². The molecule has 0 bridgehead atoms. The Labute approximate surface area is 130 Å². The van der Waals surface area contributed by atoms with Crippen molar-refractivity contribution in [2.45, 2.75) is 26.0 Å². The summed E-state index contributed by atoms with van der Waals surface area (Å²) in [7, 11) is 0. The van der Waals surface area contributed by atoms with Crippen molar-refractivity contribution in [3.63, 3.8) is 0 Å². The maximum atomic E-state index is 12.6. The van der Waals surface area contributed by atoms with Gasteiger partial charge in [-0.2, -0.15) is 0 Å². The topological polar surface area (TPSA) is 41.6 Å². The molecular weight excluding hydrogens is 288 g/mol. The molecule has 5 heteroatoms. The molecule has 4 atom stereocenters. The Bertz CT molecular complexity index is 537. The van der Waals surface area contributed by atoms with E-state index in [1.54, 1.807) is 12.1 Å². The van der Waals surface area contributed by atoms with Gasteiger partial charge in [0.1, 0.15) is 5.75 Å². The quantitative estimate of drug-likeness (QED) is 0.930. The Morgan fingerprint density at radius 1 is 1.48 bits per heavy atom. The molecule has 1 aromatic carbocycles. The van der Waals surface area contributed by atoms with E-state index in [-0.39, 0.29) is 11.9 Å². The summed E-state index contributed by atoms with van der Waals surface area (Å²) in [6.45, 7) is 6.81. The van der Waals surface area contributed by atoms with Crippen LogP contribution in [0.3, 0.4) is 0 Å². The molecule has 2 fully saturated rings. The van der Waals surface area contributed by atoms with Crippen LogP contribution in [0.4, 0.5) is 0 Å². The maximum absolute atomic E-state index is 12.6. The van der Waals surface area contributed by atoms with E-state index in [9.17, 15) is 4.79 Å². The smallest absolute Gasteiger partial charge is 0.263 e. The molecule has 1 N–H and O–H groups in total. The third-order valence-corrected chi connectivity index (χ3v) is 4.91. The molecular formula is C16H21ClN2O2. The Hall–Kier alpha value is -1.26. The molecule has 4 nitrogen and oxygen atoms in total. The monoisotopic (exact) mass is 308 g/mol. The van der Waals surface area contributed by atoms with Crippen molar-refractivity contribution in [1.82, 2.24) is 10.2 Å². The molecule has 0 saturated carbocycles. The lowest BCUT2D eigenvalue weighted by Crippen LogP contribution is -2.44. The zero-order chi connectivity index (χ0) is 15.0. The van der Waals surface area contributed by atoms with Gasteiger partial charge >= 0.3 is 0 Å². The van der Waals surface area contributed by atoms with Gasteiger partial charge in [0.25, 0.3) is 5.91 Å². The largest absolute Gasteiger partial charge is 0.481 e. The number of carbonyl (C=O) groups excluding carboxylic acids is 1. The van der Waals surface area contributed by atoms with Crippen molar-refractivity contribution in [1.29, 1.82) is 0 Å². The number of benzene rings is 1. The second kappa shape index (κ2) is 5.85. The first-order valence-electron chi connectivity index (χ1n) is 7.49. The average Bonchev–Trinajstić information content (AvgIpc) is 3.01. The minimum absolute atomic E-state index is 0.0666. The molecule has 0 spiro atoms. The van der Waals surface area contributed by atoms with Crippen LogP contribution in [0, 0.1) is 11.8 Å². The number of amides is 1. The van der Waals surface area contributed by atoms with Crippen LogP contribution in [0.1, 0.15) is 13.8 Å². The first-order valence-corrected chi connectivity index (χ1v) is 7.87. The van der Waals surface area contributed by atoms with Crippen LogP contribution >= 0.6 is 11.6 Å². The van der Waals surface area contributed by atoms with Gasteiger partial charge < -0.3 is 15.0 Å². The highest BCUT2D eigenvalue weighted by Crippen LogP contribution is 2.33. The number of ether oxygens (including phenoxy) is 1. The summed E-state index contributed by atoms with van der Waals surface area (Å²) < 4.78 is 5.75. The highest BCUT2D eigenvalue weighted by molar-refractivity contribution is 6.30. The lowest BCUT2D eigenvalue weighted by atomic mass is 9.95. The van der Waals surface area contributed by atoms with Gasteiger partial charge in [0, 0.05) is 30.7 Å². The predicted octanol–water partition coefficient (Wildman–Crippen LogP) is 2.17. The number of rotatable bonds is 3. The Kier molecular flexibility index (Phi) is 4.09. The first-order chi connectivity index (χ1) is 10.1. The number of hydrogen-bond donors (Lipinski definition) is 1. The summed E-state index contributed by atoms with van der Waals surface area (Å²) in [4.78, 5) is 14.6. The standard InChI is InChI=1S/C16H21ClN2O2/c1-10-15-8-18-7-12(15)9-19(10)16(20)11(2)21-14-5-3-4-13(17)6-14/h3-6,10-12,15,18H,7-9H2,1-2H3. The minimum Gasteiger partial charge on any atom is -0.481 e. The number of carbonyl (C=O) groups is 1. The van der Waals surface area contributed by atoms with E-state index in [2.05, 4.69) is 12.2 Å². The van der Waals surface area contributed by atoms with Gasteiger partial charge in [0.05, 0.1) is 0 Å². The third-order valence-electron chi connectivity index (χ3n) is 4.67. The number of likely N-dealkylation sites (tertiary alicyclic amines) is 1. The third kappa shape index (κ3) is 2.87. The van der Waals surface area contributed by atoms with E-state index in [4.69, 9.17) is 16.3 Å². The van der Waals surface area contributed by atoms with Crippen molar-refractivity contribution in [3.05, 3.63) is 29.3 Å². The maximum Gasteiger partial charge on any atom is 0.263 e. The van der Waals surface area contributed by atoms with Crippen molar-refractivity contribution in [3.8, 4) is 5.75 Å². The summed E-state index contributed by atoms with van der Waals surface area (Å²) in [6, 6.07) is 7.45. The highest BCUT2D eigenvalue weighted by Gasteiger charge is 2.44. The average molecular weight is 309 g/mol. The summed E-state index contributed by atoms with van der Waals surface area (Å²) >= 11 is 5.94. The van der Waals surface area contributed by atoms with Gasteiger partial charge in [-0.1, -0.05) is 17.7 Å². The minimum atomic E-state index is -0.488. The molecule has 1 amide bonds. The Balaban J connectivity index is 1.65. The molecule has 2 aliphatic rings. The van der Waals surface area contributed by atoms with E-state index >= 15 is 0 Å². The summed E-state index contributed by atoms with van der Waals surface area (Å²) in [6.07, 6.45) is -0.488. The van der Waals surface area contributed by atoms with Crippen molar-refractivity contribution >= 4 is 17.5 Å². The van der Waals surface area contributed by atoms with Crippen LogP contribution < -0.4 is 10.1 Å². The van der Waals surface area contributed by atoms with E-state index in [0.717, 1.165) is 19.6 Å². The van der Waals surface area contributed by atoms with Crippen molar-refractivity contribution in [2.24, 2.45) is 11.8 Å². The fraction of sp³-hybridized carbons (Fsp3) is 0.562. The molecule has 114 valence electrons. The van der Waals surface area contributed by atoms with Crippen molar-refractivity contribution in [2.75, 3.05) is 19.6 Å². The van der Waals surface area contributed by atoms with E-state index in [0.29, 0.717) is 22.6 Å². The first kappa shape index (κ1) is 14.7. The summed E-state index contributed by atoms with van der Waals surface area (Å²) in [5.41, 5.74) is 0. The molecule has 1 aromatic rings. The molecule has 0 radical (unpaired) electrons. The highest BCUT2D eigenvalue weighted by atomic mass is 35.5. The van der Waals surface area contributed by atoms with Gasteiger partial charge in [-0.15, -0.1) is 0 Å². The normalized spacial score (nSPS) is 29.3. The molecule has 3 rings (SSSR count). The number of halogens is 1. The fourth-order valence-corrected chi connectivity index (χ4v) is 3.67. The number of fused-ring (bicyclic) bond motifs is 1.